The molecule has 3 heterocycles. The van der Waals surface area contributed by atoms with Gasteiger partial charge in [-0.05, 0) is 29.0 Å². The van der Waals surface area contributed by atoms with Crippen LogP contribution in [-0.4, -0.2) is 43.9 Å². The van der Waals surface area contributed by atoms with Crippen LogP contribution in [0.4, 0.5) is 11.4 Å². The van der Waals surface area contributed by atoms with E-state index in [-0.39, 0.29) is 11.7 Å². The summed E-state index contributed by atoms with van der Waals surface area (Å²) in [6.07, 6.45) is 4.00. The molecule has 4 unspecified atom stereocenters. The zero-order chi connectivity index (χ0) is 27.5. The number of benzene rings is 4. The highest BCUT2D eigenvalue weighted by atomic mass is 16.5. The van der Waals surface area contributed by atoms with Gasteiger partial charge in [0.2, 0.25) is 11.8 Å². The van der Waals surface area contributed by atoms with E-state index in [1.807, 2.05) is 65.6 Å². The number of fused-ring (bicyclic) bond motifs is 7. The normalized spacial score (nSPS) is 22.8. The first kappa shape index (κ1) is 24.2. The lowest BCUT2D eigenvalue weighted by Gasteiger charge is -2.37. The number of nitrogens with zero attached hydrogens (tertiary/aromatic N) is 2. The van der Waals surface area contributed by atoms with Crippen LogP contribution < -0.4 is 19.3 Å². The fourth-order valence-electron chi connectivity index (χ4n) is 6.61. The summed E-state index contributed by atoms with van der Waals surface area (Å²) in [5.74, 6) is -1.63. The summed E-state index contributed by atoms with van der Waals surface area (Å²) in [6.45, 7) is 0. The quantitative estimate of drug-likeness (QED) is 0.263. The molecule has 0 spiro atoms. The molecule has 2 amide bonds. The Balaban J connectivity index is 1.39. The van der Waals surface area contributed by atoms with E-state index in [0.717, 1.165) is 22.0 Å². The summed E-state index contributed by atoms with van der Waals surface area (Å²) in [4.78, 5) is 45.8. The number of methoxy groups -OCH3 is 2. The first-order valence-electron chi connectivity index (χ1n) is 13.2. The second kappa shape index (κ2) is 9.09. The van der Waals surface area contributed by atoms with Crippen molar-refractivity contribution >= 4 is 45.8 Å². The third kappa shape index (κ3) is 3.33. The highest BCUT2D eigenvalue weighted by molar-refractivity contribution is 6.26. The summed E-state index contributed by atoms with van der Waals surface area (Å²) in [5, 5.41) is 2.14. The molecule has 3 aliphatic heterocycles. The van der Waals surface area contributed by atoms with Gasteiger partial charge in [-0.15, -0.1) is 0 Å². The predicted octanol–water partition coefficient (Wildman–Crippen LogP) is 5.13. The van der Waals surface area contributed by atoms with E-state index in [1.165, 1.54) is 19.1 Å². The molecule has 0 bridgehead atoms. The molecule has 4 aromatic rings. The van der Waals surface area contributed by atoms with E-state index in [9.17, 15) is 14.4 Å². The summed E-state index contributed by atoms with van der Waals surface area (Å²) in [6, 6.07) is 24.8. The van der Waals surface area contributed by atoms with E-state index in [4.69, 9.17) is 9.47 Å². The Hall–Kier alpha value is -4.91. The molecular weight excluding hydrogens is 504 g/mol. The molecule has 7 rings (SSSR count). The number of carbonyl (C=O) groups excluding carboxylic acids is 3. The van der Waals surface area contributed by atoms with Crippen molar-refractivity contribution in [3.8, 4) is 11.5 Å². The second-order valence-electron chi connectivity index (χ2n) is 10.3. The molecule has 0 radical (unpaired) electrons. The lowest BCUT2D eigenvalue weighted by atomic mass is 9.86. The van der Waals surface area contributed by atoms with Gasteiger partial charge in [0.1, 0.15) is 17.5 Å². The lowest BCUT2D eigenvalue weighted by molar-refractivity contribution is -0.122. The maximum absolute atomic E-state index is 14.2. The molecule has 0 N–H and O–H groups in total. The third-order valence-corrected chi connectivity index (χ3v) is 8.37. The minimum absolute atomic E-state index is 0.183. The monoisotopic (exact) mass is 530 g/mol. The van der Waals surface area contributed by atoms with Crippen LogP contribution in [0, 0.1) is 11.8 Å². The first-order valence-corrected chi connectivity index (χ1v) is 13.2. The van der Waals surface area contributed by atoms with Crippen molar-refractivity contribution in [1.29, 1.82) is 0 Å². The number of amides is 2. The standard InChI is InChI=1S/C33H26N2O5/c1-39-21-13-16-25(27(18-21)40-2)35-32(37)28-26-17-14-23-22-11-7-6-8-19(22)12-15-24(23)34(26)30(29(28)33(35)38)31(36)20-9-4-3-5-10-20/h3-18,26,28-30H,1-2H3. The SMILES string of the molecule is COc1ccc(N2C(=O)C3C(C2=O)C(C(=O)c2ccccc2)N2c4ccc5ccccc5c4C=CC32)c(OC)c1. The van der Waals surface area contributed by atoms with Crippen molar-refractivity contribution in [2.75, 3.05) is 24.0 Å². The molecular formula is C33H26N2O5. The number of ether oxygens (including phenoxy) is 2. The Morgan fingerprint density at radius 1 is 0.775 bits per heavy atom. The maximum Gasteiger partial charge on any atom is 0.240 e. The van der Waals surface area contributed by atoms with Crippen LogP contribution in [0.2, 0.25) is 0 Å². The molecule has 198 valence electrons. The molecule has 0 aromatic heterocycles. The first-order chi connectivity index (χ1) is 19.5. The minimum Gasteiger partial charge on any atom is -0.497 e. The molecule has 7 nitrogen and oxygen atoms in total. The Kier molecular flexibility index (Phi) is 5.49. The van der Waals surface area contributed by atoms with Crippen molar-refractivity contribution < 1.29 is 23.9 Å². The number of Topliss-reactive ketones (excluding diaryl/α,β-unsaturated/α-hetero) is 1. The molecule has 0 saturated carbocycles. The summed E-state index contributed by atoms with van der Waals surface area (Å²) in [5.41, 5.74) is 2.68. The largest absolute Gasteiger partial charge is 0.497 e. The summed E-state index contributed by atoms with van der Waals surface area (Å²) < 4.78 is 10.8. The van der Waals surface area contributed by atoms with Crippen molar-refractivity contribution in [3.63, 3.8) is 0 Å². The van der Waals surface area contributed by atoms with E-state index in [2.05, 4.69) is 6.07 Å². The molecule has 0 aliphatic carbocycles. The molecule has 2 saturated heterocycles. The second-order valence-corrected chi connectivity index (χ2v) is 10.3. The van der Waals surface area contributed by atoms with Gasteiger partial charge in [-0.2, -0.15) is 0 Å². The van der Waals surface area contributed by atoms with Crippen LogP contribution in [0.1, 0.15) is 15.9 Å². The fraction of sp³-hybridized carbons (Fsp3) is 0.182. The third-order valence-electron chi connectivity index (χ3n) is 8.37. The number of anilines is 2. The summed E-state index contributed by atoms with van der Waals surface area (Å²) >= 11 is 0. The molecule has 2 fully saturated rings. The molecule has 4 aromatic carbocycles. The minimum atomic E-state index is -0.862. The highest BCUT2D eigenvalue weighted by Crippen LogP contribution is 2.51. The van der Waals surface area contributed by atoms with E-state index < -0.39 is 29.8 Å². The average Bonchev–Trinajstić information content (AvgIpc) is 3.48. The van der Waals surface area contributed by atoms with Gasteiger partial charge < -0.3 is 14.4 Å². The topological polar surface area (TPSA) is 76.2 Å². The van der Waals surface area contributed by atoms with Crippen molar-refractivity contribution in [1.82, 2.24) is 0 Å². The number of ketones is 1. The Morgan fingerprint density at radius 2 is 1.50 bits per heavy atom. The summed E-state index contributed by atoms with van der Waals surface area (Å²) in [7, 11) is 3.02. The van der Waals surface area contributed by atoms with Crippen LogP contribution in [0.5, 0.6) is 11.5 Å². The molecule has 4 atom stereocenters. The number of carbonyl (C=O) groups is 3. The number of rotatable bonds is 5. The molecule has 3 aliphatic rings. The van der Waals surface area contributed by atoms with Gasteiger partial charge in [-0.3, -0.25) is 14.4 Å². The van der Waals surface area contributed by atoms with Gasteiger partial charge in [0.05, 0.1) is 37.8 Å². The number of hydrogen-bond donors (Lipinski definition) is 0. The zero-order valence-corrected chi connectivity index (χ0v) is 22.0. The van der Waals surface area contributed by atoms with E-state index in [0.29, 0.717) is 22.7 Å². The Labute approximate surface area is 231 Å². The predicted molar refractivity (Wildman–Crippen MR) is 153 cm³/mol. The molecule has 7 heteroatoms. The van der Waals surface area contributed by atoms with Crippen LogP contribution in [0.25, 0.3) is 16.8 Å². The van der Waals surface area contributed by atoms with Crippen molar-refractivity contribution in [3.05, 3.63) is 102 Å². The number of imide groups is 1. The number of hydrogen-bond acceptors (Lipinski definition) is 6. The smallest absolute Gasteiger partial charge is 0.240 e. The average molecular weight is 531 g/mol. The van der Waals surface area contributed by atoms with Crippen LogP contribution in [0.15, 0.2) is 91.0 Å². The Bertz CT molecular complexity index is 1730. The lowest BCUT2D eigenvalue weighted by Crippen LogP contribution is -2.48. The van der Waals surface area contributed by atoms with Crippen LogP contribution in [0.3, 0.4) is 0 Å². The van der Waals surface area contributed by atoms with Gasteiger partial charge in [0.15, 0.2) is 5.78 Å². The van der Waals surface area contributed by atoms with E-state index in [1.54, 1.807) is 30.3 Å². The van der Waals surface area contributed by atoms with Gasteiger partial charge in [0.25, 0.3) is 0 Å². The van der Waals surface area contributed by atoms with Crippen LogP contribution in [-0.2, 0) is 9.59 Å². The maximum atomic E-state index is 14.2. The highest BCUT2D eigenvalue weighted by Gasteiger charge is 2.64. The van der Waals surface area contributed by atoms with Gasteiger partial charge in [-0.1, -0.05) is 72.8 Å². The van der Waals surface area contributed by atoms with Gasteiger partial charge in [-0.25, -0.2) is 4.90 Å². The van der Waals surface area contributed by atoms with Gasteiger partial charge >= 0.3 is 0 Å². The van der Waals surface area contributed by atoms with Crippen molar-refractivity contribution in [2.24, 2.45) is 11.8 Å². The van der Waals surface area contributed by atoms with Crippen molar-refractivity contribution in [2.45, 2.75) is 12.1 Å². The Morgan fingerprint density at radius 3 is 2.27 bits per heavy atom. The zero-order valence-electron chi connectivity index (χ0n) is 22.0. The van der Waals surface area contributed by atoms with Gasteiger partial charge in [0, 0.05) is 22.9 Å². The van der Waals surface area contributed by atoms with E-state index >= 15 is 0 Å². The molecule has 40 heavy (non-hydrogen) atoms. The fourth-order valence-corrected chi connectivity index (χ4v) is 6.61. The van der Waals surface area contributed by atoms with Crippen LogP contribution >= 0.6 is 0 Å².